The molecular formula is C23H42IN5OS. The van der Waals surface area contributed by atoms with Gasteiger partial charge in [0.15, 0.2) is 5.96 Å². The van der Waals surface area contributed by atoms with Crippen LogP contribution in [0.2, 0.25) is 0 Å². The molecule has 1 aromatic heterocycles. The van der Waals surface area contributed by atoms with E-state index in [4.69, 9.17) is 14.7 Å². The van der Waals surface area contributed by atoms with Crippen molar-refractivity contribution >= 4 is 41.3 Å². The average molecular weight is 564 g/mol. The molecule has 0 spiro atoms. The number of methoxy groups -OCH3 is 1. The molecule has 1 saturated heterocycles. The van der Waals surface area contributed by atoms with Gasteiger partial charge in [-0.3, -0.25) is 9.89 Å². The Morgan fingerprint density at radius 1 is 1.29 bits per heavy atom. The van der Waals surface area contributed by atoms with Gasteiger partial charge in [0.25, 0.3) is 0 Å². The molecule has 2 heterocycles. The molecule has 0 amide bonds. The summed E-state index contributed by atoms with van der Waals surface area (Å²) in [6, 6.07) is 0. The van der Waals surface area contributed by atoms with Crippen molar-refractivity contribution in [2.24, 2.45) is 16.3 Å². The fraction of sp³-hybridized carbons (Fsp3) is 0.826. The van der Waals surface area contributed by atoms with Crippen molar-refractivity contribution in [2.75, 3.05) is 46.4 Å². The molecule has 0 radical (unpaired) electrons. The first kappa shape index (κ1) is 26.8. The monoisotopic (exact) mass is 563 g/mol. The predicted octanol–water partition coefficient (Wildman–Crippen LogP) is 4.30. The Hall–Kier alpha value is -0.450. The van der Waals surface area contributed by atoms with Gasteiger partial charge in [0.2, 0.25) is 0 Å². The molecule has 31 heavy (non-hydrogen) atoms. The van der Waals surface area contributed by atoms with E-state index < -0.39 is 0 Å². The number of likely N-dealkylation sites (tertiary alicyclic amines) is 1. The molecule has 0 aromatic carbocycles. The van der Waals surface area contributed by atoms with Gasteiger partial charge < -0.3 is 15.4 Å². The number of thiazole rings is 1. The third-order valence-electron chi connectivity index (χ3n) is 6.72. The minimum atomic E-state index is 0. The topological polar surface area (TPSA) is 61.8 Å². The van der Waals surface area contributed by atoms with Crippen LogP contribution >= 0.6 is 35.3 Å². The van der Waals surface area contributed by atoms with Crippen LogP contribution in [0.4, 0.5) is 0 Å². The second-order valence-electron chi connectivity index (χ2n) is 8.98. The van der Waals surface area contributed by atoms with E-state index in [1.807, 2.05) is 0 Å². The largest absolute Gasteiger partial charge is 0.385 e. The lowest BCUT2D eigenvalue weighted by Crippen LogP contribution is -2.44. The van der Waals surface area contributed by atoms with Gasteiger partial charge >= 0.3 is 0 Å². The van der Waals surface area contributed by atoms with Gasteiger partial charge in [-0.2, -0.15) is 0 Å². The average Bonchev–Trinajstić information content (AvgIpc) is 3.19. The van der Waals surface area contributed by atoms with Crippen molar-refractivity contribution in [3.63, 3.8) is 0 Å². The quantitative estimate of drug-likeness (QED) is 0.239. The van der Waals surface area contributed by atoms with E-state index in [1.54, 1.807) is 18.4 Å². The summed E-state index contributed by atoms with van der Waals surface area (Å²) in [4.78, 5) is 12.2. The number of hydrogen-bond donors (Lipinski definition) is 2. The molecule has 2 aliphatic rings. The Morgan fingerprint density at radius 2 is 2.06 bits per heavy atom. The zero-order valence-corrected chi connectivity index (χ0v) is 22.8. The van der Waals surface area contributed by atoms with Crippen LogP contribution in [0.15, 0.2) is 10.4 Å². The van der Waals surface area contributed by atoms with Crippen LogP contribution in [-0.2, 0) is 17.7 Å². The van der Waals surface area contributed by atoms with E-state index in [2.05, 4.69) is 34.8 Å². The third-order valence-corrected chi connectivity index (χ3v) is 7.76. The number of aryl methyl sites for hydroxylation is 1. The number of guanidine groups is 1. The number of halogens is 1. The van der Waals surface area contributed by atoms with Crippen molar-refractivity contribution in [1.82, 2.24) is 20.5 Å². The second-order valence-corrected chi connectivity index (χ2v) is 9.92. The highest BCUT2D eigenvalue weighted by molar-refractivity contribution is 14.0. The lowest BCUT2D eigenvalue weighted by molar-refractivity contribution is 0.0778. The Morgan fingerprint density at radius 3 is 2.65 bits per heavy atom. The fourth-order valence-electron chi connectivity index (χ4n) is 4.47. The highest BCUT2D eigenvalue weighted by Gasteiger charge is 2.36. The minimum absolute atomic E-state index is 0. The normalized spacial score (nSPS) is 19.5. The summed E-state index contributed by atoms with van der Waals surface area (Å²) in [5.74, 6) is 1.70. The summed E-state index contributed by atoms with van der Waals surface area (Å²) in [5, 5.41) is 10.5. The maximum atomic E-state index is 5.32. The number of hydrogen-bond acceptors (Lipinski definition) is 5. The predicted molar refractivity (Wildman–Crippen MR) is 142 cm³/mol. The highest BCUT2D eigenvalue weighted by atomic mass is 127. The molecule has 2 N–H and O–H groups in total. The number of nitrogens with one attached hydrogen (secondary N) is 2. The van der Waals surface area contributed by atoms with E-state index >= 15 is 0 Å². The first-order valence-electron chi connectivity index (χ1n) is 11.8. The molecule has 1 aromatic rings. The van der Waals surface area contributed by atoms with Crippen LogP contribution in [0.1, 0.15) is 63.1 Å². The maximum Gasteiger partial charge on any atom is 0.191 e. The molecule has 6 nitrogen and oxygen atoms in total. The van der Waals surface area contributed by atoms with Gasteiger partial charge in [-0.05, 0) is 69.9 Å². The zero-order chi connectivity index (χ0) is 21.2. The first-order valence-corrected chi connectivity index (χ1v) is 12.7. The molecular weight excluding hydrogens is 521 g/mol. The summed E-state index contributed by atoms with van der Waals surface area (Å²) in [6.45, 7) is 11.3. The molecule has 0 unspecified atom stereocenters. The fourth-order valence-corrected chi connectivity index (χ4v) is 5.21. The van der Waals surface area contributed by atoms with Gasteiger partial charge in [0.05, 0.1) is 10.7 Å². The van der Waals surface area contributed by atoms with Crippen LogP contribution < -0.4 is 10.6 Å². The van der Waals surface area contributed by atoms with Crippen molar-refractivity contribution in [1.29, 1.82) is 0 Å². The van der Waals surface area contributed by atoms with E-state index in [9.17, 15) is 0 Å². The second kappa shape index (κ2) is 14.0. The number of rotatable bonds is 11. The van der Waals surface area contributed by atoms with E-state index in [-0.39, 0.29) is 24.0 Å². The molecule has 3 rings (SSSR count). The summed E-state index contributed by atoms with van der Waals surface area (Å²) in [6.07, 6.45) is 8.57. The highest BCUT2D eigenvalue weighted by Crippen LogP contribution is 2.44. The van der Waals surface area contributed by atoms with E-state index in [1.165, 1.54) is 55.9 Å². The minimum Gasteiger partial charge on any atom is -0.385 e. The van der Waals surface area contributed by atoms with Crippen molar-refractivity contribution in [3.05, 3.63) is 16.1 Å². The maximum absolute atomic E-state index is 5.32. The Bertz CT molecular complexity index is 656. The molecule has 1 aliphatic heterocycles. The Kier molecular flexibility index (Phi) is 12.1. The summed E-state index contributed by atoms with van der Waals surface area (Å²) >= 11 is 1.80. The molecule has 1 saturated carbocycles. The van der Waals surface area contributed by atoms with E-state index in [0.717, 1.165) is 57.5 Å². The van der Waals surface area contributed by atoms with Gasteiger partial charge in [-0.25, -0.2) is 4.98 Å². The van der Waals surface area contributed by atoms with E-state index in [0.29, 0.717) is 5.41 Å². The molecule has 2 fully saturated rings. The molecule has 8 heteroatoms. The number of ether oxygens (including phenoxy) is 1. The summed E-state index contributed by atoms with van der Waals surface area (Å²) < 4.78 is 5.32. The third kappa shape index (κ3) is 8.44. The van der Waals surface area contributed by atoms with Crippen LogP contribution in [0.5, 0.6) is 0 Å². The molecule has 1 aliphatic carbocycles. The number of piperidine rings is 1. The van der Waals surface area contributed by atoms with Gasteiger partial charge in [-0.15, -0.1) is 35.3 Å². The number of aromatic nitrogens is 1. The smallest absolute Gasteiger partial charge is 0.191 e. The zero-order valence-electron chi connectivity index (χ0n) is 19.6. The van der Waals surface area contributed by atoms with Crippen LogP contribution in [-0.4, -0.2) is 62.3 Å². The summed E-state index contributed by atoms with van der Waals surface area (Å²) in [7, 11) is 1.80. The van der Waals surface area contributed by atoms with Crippen LogP contribution in [0.25, 0.3) is 0 Å². The lowest BCUT2D eigenvalue weighted by atomic mass is 9.67. The lowest BCUT2D eigenvalue weighted by Gasteiger charge is -2.41. The van der Waals surface area contributed by atoms with Gasteiger partial charge in [0.1, 0.15) is 0 Å². The Balaban J connectivity index is 0.00000341. The molecule has 0 atom stereocenters. The van der Waals surface area contributed by atoms with Crippen LogP contribution in [0.3, 0.4) is 0 Å². The van der Waals surface area contributed by atoms with Crippen molar-refractivity contribution < 1.29 is 4.74 Å². The Labute approximate surface area is 210 Å². The first-order chi connectivity index (χ1) is 14.7. The van der Waals surface area contributed by atoms with Crippen LogP contribution in [0, 0.1) is 11.3 Å². The van der Waals surface area contributed by atoms with Crippen molar-refractivity contribution in [3.8, 4) is 0 Å². The van der Waals surface area contributed by atoms with Crippen molar-refractivity contribution in [2.45, 2.75) is 65.3 Å². The molecule has 178 valence electrons. The number of nitrogens with zero attached hydrogens (tertiary/aromatic N) is 3. The SMILES string of the molecule is CCNC(=NCC1(CCOC)CCC1)NCC1CCN(Cc2csc(CC)n2)CC1.I. The number of aliphatic imine (C=N–C) groups is 1. The summed E-state index contributed by atoms with van der Waals surface area (Å²) in [5.41, 5.74) is 1.62. The molecule has 0 bridgehead atoms. The van der Waals surface area contributed by atoms with Gasteiger partial charge in [0, 0.05) is 45.3 Å². The standard InChI is InChI=1S/C23H41N5OS.HI/c1-4-21-27-20(17-30-21)16-28-12-7-19(8-13-28)15-25-22(24-5-2)26-18-23(9-6-10-23)11-14-29-3;/h17,19H,4-16,18H2,1-3H3,(H2,24,25,26);1H. The van der Waals surface area contributed by atoms with Gasteiger partial charge in [-0.1, -0.05) is 13.3 Å².